The molecule has 0 fully saturated rings. The van der Waals surface area contributed by atoms with Crippen LogP contribution in [0, 0.1) is 3.57 Å². The Balaban J connectivity index is 2.18. The van der Waals surface area contributed by atoms with Gasteiger partial charge in [0.1, 0.15) is 0 Å². The lowest BCUT2D eigenvalue weighted by atomic mass is 10.2. The Hall–Kier alpha value is -0.920. The van der Waals surface area contributed by atoms with Crippen LogP contribution in [0.4, 0.5) is 5.69 Å². The Morgan fingerprint density at radius 3 is 2.53 bits per heavy atom. The van der Waals surface area contributed by atoms with Gasteiger partial charge in [-0.1, -0.05) is 28.1 Å². The SMILES string of the molecule is O=C(Nc1ccc(CO)cc1)c1cc(Br)ccc1I. The van der Waals surface area contributed by atoms with Crippen molar-refractivity contribution < 1.29 is 9.90 Å². The Morgan fingerprint density at radius 1 is 1.21 bits per heavy atom. The maximum atomic E-state index is 12.2. The third-order valence-electron chi connectivity index (χ3n) is 2.57. The van der Waals surface area contributed by atoms with Gasteiger partial charge in [-0.25, -0.2) is 0 Å². The number of amides is 1. The highest BCUT2D eigenvalue weighted by molar-refractivity contribution is 14.1. The fourth-order valence-electron chi connectivity index (χ4n) is 1.56. The van der Waals surface area contributed by atoms with Crippen molar-refractivity contribution in [1.82, 2.24) is 0 Å². The van der Waals surface area contributed by atoms with Crippen LogP contribution in [0.15, 0.2) is 46.9 Å². The van der Waals surface area contributed by atoms with Crippen molar-refractivity contribution in [3.05, 3.63) is 61.6 Å². The van der Waals surface area contributed by atoms with Crippen molar-refractivity contribution in [1.29, 1.82) is 0 Å². The van der Waals surface area contributed by atoms with Crippen molar-refractivity contribution in [2.45, 2.75) is 6.61 Å². The minimum absolute atomic E-state index is 0.00223. The fourth-order valence-corrected chi connectivity index (χ4v) is 2.50. The van der Waals surface area contributed by atoms with E-state index in [2.05, 4.69) is 43.8 Å². The second kappa shape index (κ2) is 6.49. The zero-order valence-corrected chi connectivity index (χ0v) is 13.6. The molecule has 2 N–H and O–H groups in total. The summed E-state index contributed by atoms with van der Waals surface area (Å²) in [6.07, 6.45) is 0. The number of aliphatic hydroxyl groups is 1. The molecule has 3 nitrogen and oxygen atoms in total. The number of carbonyl (C=O) groups is 1. The summed E-state index contributed by atoms with van der Waals surface area (Å²) in [5, 5.41) is 11.8. The molecule has 0 atom stereocenters. The number of aliphatic hydroxyl groups excluding tert-OH is 1. The van der Waals surface area contributed by atoms with Gasteiger partial charge in [0.25, 0.3) is 5.91 Å². The molecule has 0 radical (unpaired) electrons. The summed E-state index contributed by atoms with van der Waals surface area (Å²) in [6.45, 7) is -0.00223. The number of anilines is 1. The number of halogens is 2. The number of hydrogen-bond donors (Lipinski definition) is 2. The maximum absolute atomic E-state index is 12.2. The lowest BCUT2D eigenvalue weighted by Crippen LogP contribution is -2.13. The van der Waals surface area contributed by atoms with Crippen LogP contribution in [-0.4, -0.2) is 11.0 Å². The van der Waals surface area contributed by atoms with Crippen molar-refractivity contribution in [2.75, 3.05) is 5.32 Å². The van der Waals surface area contributed by atoms with E-state index in [1.807, 2.05) is 12.1 Å². The summed E-state index contributed by atoms with van der Waals surface area (Å²) >= 11 is 5.49. The number of benzene rings is 2. The molecule has 5 heteroatoms. The second-order valence-corrected chi connectivity index (χ2v) is 6.01. The first-order chi connectivity index (χ1) is 9.10. The van der Waals surface area contributed by atoms with E-state index in [0.717, 1.165) is 13.6 Å². The van der Waals surface area contributed by atoms with E-state index in [1.54, 1.807) is 30.3 Å². The van der Waals surface area contributed by atoms with Gasteiger partial charge in [0.2, 0.25) is 0 Å². The summed E-state index contributed by atoms with van der Waals surface area (Å²) < 4.78 is 1.76. The summed E-state index contributed by atoms with van der Waals surface area (Å²) in [5.41, 5.74) is 2.15. The number of rotatable bonds is 3. The van der Waals surface area contributed by atoms with Crippen LogP contribution in [0.1, 0.15) is 15.9 Å². The van der Waals surface area contributed by atoms with Gasteiger partial charge in [-0.3, -0.25) is 4.79 Å². The molecule has 0 aliphatic carbocycles. The van der Waals surface area contributed by atoms with Gasteiger partial charge >= 0.3 is 0 Å². The molecule has 0 unspecified atom stereocenters. The zero-order chi connectivity index (χ0) is 13.8. The molecule has 0 spiro atoms. The fraction of sp³-hybridized carbons (Fsp3) is 0.0714. The number of nitrogens with one attached hydrogen (secondary N) is 1. The first-order valence-corrected chi connectivity index (χ1v) is 7.43. The molecule has 98 valence electrons. The van der Waals surface area contributed by atoms with Crippen LogP contribution in [-0.2, 0) is 6.61 Å². The molecule has 2 rings (SSSR count). The van der Waals surface area contributed by atoms with E-state index in [-0.39, 0.29) is 12.5 Å². The van der Waals surface area contributed by atoms with Crippen LogP contribution in [0.2, 0.25) is 0 Å². The Labute approximate surface area is 133 Å². The van der Waals surface area contributed by atoms with Gasteiger partial charge in [-0.05, 0) is 58.5 Å². The molecule has 0 saturated heterocycles. The Bertz CT molecular complexity index is 599. The smallest absolute Gasteiger partial charge is 0.256 e. The second-order valence-electron chi connectivity index (χ2n) is 3.93. The number of carbonyl (C=O) groups excluding carboxylic acids is 1. The largest absolute Gasteiger partial charge is 0.392 e. The standard InChI is InChI=1S/C14H11BrINO2/c15-10-3-6-13(16)12(7-10)14(19)17-11-4-1-9(8-18)2-5-11/h1-7,18H,8H2,(H,17,19). The third kappa shape index (κ3) is 3.77. The van der Waals surface area contributed by atoms with Crippen molar-refractivity contribution in [2.24, 2.45) is 0 Å². The van der Waals surface area contributed by atoms with Crippen LogP contribution in [0.25, 0.3) is 0 Å². The molecule has 0 aliphatic heterocycles. The van der Waals surface area contributed by atoms with Gasteiger partial charge in [0, 0.05) is 13.7 Å². The van der Waals surface area contributed by atoms with Crippen molar-refractivity contribution >= 4 is 50.1 Å². The third-order valence-corrected chi connectivity index (χ3v) is 4.00. The summed E-state index contributed by atoms with van der Waals surface area (Å²) in [5.74, 6) is -0.151. The van der Waals surface area contributed by atoms with E-state index >= 15 is 0 Å². The van der Waals surface area contributed by atoms with Gasteiger partial charge in [0.15, 0.2) is 0 Å². The predicted molar refractivity (Wildman–Crippen MR) is 87.2 cm³/mol. The first-order valence-electron chi connectivity index (χ1n) is 5.56. The van der Waals surface area contributed by atoms with Crippen LogP contribution in [0.5, 0.6) is 0 Å². The minimum atomic E-state index is -0.151. The quantitative estimate of drug-likeness (QED) is 0.726. The van der Waals surface area contributed by atoms with E-state index in [9.17, 15) is 4.79 Å². The average Bonchev–Trinajstić information content (AvgIpc) is 2.42. The van der Waals surface area contributed by atoms with Crippen LogP contribution in [0.3, 0.4) is 0 Å². The highest BCUT2D eigenvalue weighted by Gasteiger charge is 2.10. The van der Waals surface area contributed by atoms with Gasteiger partial charge < -0.3 is 10.4 Å². The molecule has 0 saturated carbocycles. The Morgan fingerprint density at radius 2 is 1.89 bits per heavy atom. The number of hydrogen-bond acceptors (Lipinski definition) is 2. The molecule has 0 aromatic heterocycles. The monoisotopic (exact) mass is 431 g/mol. The zero-order valence-electron chi connectivity index (χ0n) is 9.86. The predicted octanol–water partition coefficient (Wildman–Crippen LogP) is 3.80. The maximum Gasteiger partial charge on any atom is 0.256 e. The topological polar surface area (TPSA) is 49.3 Å². The molecular weight excluding hydrogens is 421 g/mol. The normalized spacial score (nSPS) is 10.3. The summed E-state index contributed by atoms with van der Waals surface area (Å²) in [6, 6.07) is 12.7. The van der Waals surface area contributed by atoms with Crippen LogP contribution < -0.4 is 5.32 Å². The van der Waals surface area contributed by atoms with Crippen LogP contribution >= 0.6 is 38.5 Å². The van der Waals surface area contributed by atoms with Crippen molar-refractivity contribution in [3.8, 4) is 0 Å². The molecule has 1 amide bonds. The van der Waals surface area contributed by atoms with Gasteiger partial charge in [-0.2, -0.15) is 0 Å². The lowest BCUT2D eigenvalue weighted by Gasteiger charge is -2.08. The van der Waals surface area contributed by atoms with E-state index in [1.165, 1.54) is 0 Å². The molecule has 2 aromatic carbocycles. The van der Waals surface area contributed by atoms with Gasteiger partial charge in [0.05, 0.1) is 12.2 Å². The highest BCUT2D eigenvalue weighted by atomic mass is 127. The Kier molecular flexibility index (Phi) is 4.95. The van der Waals surface area contributed by atoms with E-state index < -0.39 is 0 Å². The van der Waals surface area contributed by atoms with Gasteiger partial charge in [-0.15, -0.1) is 0 Å². The highest BCUT2D eigenvalue weighted by Crippen LogP contribution is 2.20. The molecule has 0 heterocycles. The van der Waals surface area contributed by atoms with E-state index in [0.29, 0.717) is 11.3 Å². The molecule has 19 heavy (non-hydrogen) atoms. The minimum Gasteiger partial charge on any atom is -0.392 e. The molecule has 0 bridgehead atoms. The molecule has 0 aliphatic rings. The lowest BCUT2D eigenvalue weighted by molar-refractivity contribution is 0.102. The molecular formula is C14H11BrINO2. The molecule has 2 aromatic rings. The first kappa shape index (κ1) is 14.5. The van der Waals surface area contributed by atoms with E-state index in [4.69, 9.17) is 5.11 Å². The van der Waals surface area contributed by atoms with Crippen molar-refractivity contribution in [3.63, 3.8) is 0 Å². The summed E-state index contributed by atoms with van der Waals surface area (Å²) in [7, 11) is 0. The average molecular weight is 432 g/mol. The summed E-state index contributed by atoms with van der Waals surface area (Å²) in [4.78, 5) is 12.2.